The van der Waals surface area contributed by atoms with E-state index in [1.807, 2.05) is 0 Å². The summed E-state index contributed by atoms with van der Waals surface area (Å²) in [6.45, 7) is -0.931. The van der Waals surface area contributed by atoms with E-state index < -0.39 is 107 Å². The van der Waals surface area contributed by atoms with Gasteiger partial charge in [0, 0.05) is 24.3 Å². The van der Waals surface area contributed by atoms with Gasteiger partial charge in [0.2, 0.25) is 0 Å². The second-order valence-corrected chi connectivity index (χ2v) is 8.07. The molecule has 0 N–H and O–H groups in total. The summed E-state index contributed by atoms with van der Waals surface area (Å²) < 4.78 is 152. The Morgan fingerprint density at radius 1 is 0.467 bits per heavy atom. The van der Waals surface area contributed by atoms with Crippen LogP contribution in [0.4, 0.5) is 35.1 Å². The van der Waals surface area contributed by atoms with Crippen LogP contribution in [-0.2, 0) is 57.1 Å². The van der Waals surface area contributed by atoms with E-state index in [4.69, 9.17) is 0 Å². The Morgan fingerprint density at radius 3 is 1.04 bits per heavy atom. The maximum Gasteiger partial charge on any atom is 0.394 e. The largest absolute Gasteiger partial charge is 0.460 e. The fraction of sp³-hybridized carbons (Fsp3) is 0.520. The van der Waals surface area contributed by atoms with E-state index in [-0.39, 0.29) is 0 Å². The van der Waals surface area contributed by atoms with Crippen molar-refractivity contribution in [3.05, 3.63) is 50.6 Å². The monoisotopic (exact) mass is 672 g/mol. The Labute approximate surface area is 250 Å². The van der Waals surface area contributed by atoms with Gasteiger partial charge >= 0.3 is 48.3 Å². The zero-order chi connectivity index (χ0) is 35.0. The van der Waals surface area contributed by atoms with E-state index in [1.54, 1.807) is 0 Å². The van der Waals surface area contributed by atoms with Gasteiger partial charge in [-0.25, -0.2) is 19.2 Å². The highest BCUT2D eigenvalue weighted by atomic mass is 19.3. The van der Waals surface area contributed by atoms with Crippen molar-refractivity contribution in [3.8, 4) is 0 Å². The first-order valence-electron chi connectivity index (χ1n) is 12.0. The van der Waals surface area contributed by atoms with Crippen LogP contribution in [0.1, 0.15) is 0 Å². The minimum Gasteiger partial charge on any atom is -0.460 e. The third kappa shape index (κ3) is 14.2. The summed E-state index contributed by atoms with van der Waals surface area (Å²) in [6.07, 6.45) is -20.6. The molecular formula is C25H28F8O12. The van der Waals surface area contributed by atoms with Gasteiger partial charge in [-0.05, 0) is 0 Å². The first kappa shape index (κ1) is 41.1. The highest BCUT2D eigenvalue weighted by molar-refractivity contribution is 5.82. The highest BCUT2D eigenvalue weighted by Gasteiger charge is 2.75. The van der Waals surface area contributed by atoms with Crippen molar-refractivity contribution in [2.75, 3.05) is 52.9 Å². The van der Waals surface area contributed by atoms with Crippen molar-refractivity contribution in [1.29, 1.82) is 0 Å². The van der Waals surface area contributed by atoms with Gasteiger partial charge in [-0.15, -0.1) is 0 Å². The van der Waals surface area contributed by atoms with Crippen molar-refractivity contribution >= 4 is 23.9 Å². The summed E-state index contributed by atoms with van der Waals surface area (Å²) in [7, 11) is 0. The number of rotatable bonds is 24. The number of halogens is 8. The molecule has 0 aliphatic rings. The van der Waals surface area contributed by atoms with Gasteiger partial charge in [0.25, 0.3) is 0 Å². The molecule has 0 spiro atoms. The van der Waals surface area contributed by atoms with E-state index in [2.05, 4.69) is 64.2 Å². The third-order valence-electron chi connectivity index (χ3n) is 4.74. The molecule has 0 amide bonds. The Hall–Kier alpha value is -3.88. The molecule has 0 aliphatic carbocycles. The molecule has 0 radical (unpaired) electrons. The van der Waals surface area contributed by atoms with Crippen LogP contribution in [0.15, 0.2) is 50.6 Å². The average Bonchev–Trinajstić information content (AvgIpc) is 2.95. The maximum atomic E-state index is 15.5. The van der Waals surface area contributed by atoms with Crippen LogP contribution in [0.2, 0.25) is 0 Å². The number of hydrogen-bond acceptors (Lipinski definition) is 12. The van der Waals surface area contributed by atoms with Crippen LogP contribution in [0.5, 0.6) is 0 Å². The summed E-state index contributed by atoms with van der Waals surface area (Å²) in [4.78, 5) is 44.5. The van der Waals surface area contributed by atoms with Gasteiger partial charge in [-0.3, -0.25) is 9.47 Å². The molecule has 0 aliphatic heterocycles. The molecule has 0 aromatic rings. The lowest BCUT2D eigenvalue weighted by atomic mass is 9.86. The molecule has 0 aromatic heterocycles. The van der Waals surface area contributed by atoms with Gasteiger partial charge in [-0.1, -0.05) is 26.3 Å². The van der Waals surface area contributed by atoms with Crippen molar-refractivity contribution in [2.45, 2.75) is 24.4 Å². The van der Waals surface area contributed by atoms with Gasteiger partial charge in [0.05, 0.1) is 26.4 Å². The predicted molar refractivity (Wildman–Crippen MR) is 131 cm³/mol. The van der Waals surface area contributed by atoms with E-state index in [0.29, 0.717) is 24.3 Å². The lowest BCUT2D eigenvalue weighted by molar-refractivity contribution is -0.498. The Bertz CT molecular complexity index is 983. The van der Waals surface area contributed by atoms with Crippen LogP contribution < -0.4 is 0 Å². The fourth-order valence-electron chi connectivity index (χ4n) is 2.62. The number of alkyl halides is 8. The molecule has 0 saturated carbocycles. The van der Waals surface area contributed by atoms with Crippen LogP contribution in [0.3, 0.4) is 0 Å². The number of ether oxygens (including phenoxy) is 8. The predicted octanol–water partition coefficient (Wildman–Crippen LogP) is 3.33. The molecular weight excluding hydrogens is 644 g/mol. The first-order valence-corrected chi connectivity index (χ1v) is 12.0. The quantitative estimate of drug-likeness (QED) is 0.0488. The summed E-state index contributed by atoms with van der Waals surface area (Å²) >= 11 is 0. The zero-order valence-corrected chi connectivity index (χ0v) is 23.2. The van der Waals surface area contributed by atoms with Crippen molar-refractivity contribution < 1.29 is 92.2 Å². The molecule has 20 heteroatoms. The molecule has 12 nitrogen and oxygen atoms in total. The molecule has 0 heterocycles. The number of hydrogen-bond donors (Lipinski definition) is 0. The Kier molecular flexibility index (Phi) is 16.6. The molecule has 0 rings (SSSR count). The highest BCUT2D eigenvalue weighted by Crippen LogP contribution is 2.53. The van der Waals surface area contributed by atoms with E-state index in [1.165, 1.54) is 0 Å². The second kappa shape index (κ2) is 18.2. The molecule has 0 aromatic carbocycles. The third-order valence-corrected chi connectivity index (χ3v) is 4.74. The average molecular weight is 672 g/mol. The lowest BCUT2D eigenvalue weighted by Gasteiger charge is -2.44. The zero-order valence-electron chi connectivity index (χ0n) is 23.2. The lowest BCUT2D eigenvalue weighted by Crippen LogP contribution is -2.64. The van der Waals surface area contributed by atoms with E-state index in [9.17, 15) is 36.7 Å². The van der Waals surface area contributed by atoms with Crippen molar-refractivity contribution in [1.82, 2.24) is 0 Å². The maximum absolute atomic E-state index is 15.5. The number of esters is 4. The van der Waals surface area contributed by atoms with Crippen molar-refractivity contribution in [2.24, 2.45) is 5.41 Å². The Morgan fingerprint density at radius 2 is 0.756 bits per heavy atom. The summed E-state index contributed by atoms with van der Waals surface area (Å²) in [6, 6.07) is 0. The van der Waals surface area contributed by atoms with Crippen LogP contribution in [0, 0.1) is 5.41 Å². The summed E-state index contributed by atoms with van der Waals surface area (Å²) in [5.74, 6) is -5.34. The van der Waals surface area contributed by atoms with Crippen LogP contribution in [-0.4, -0.2) is 101 Å². The summed E-state index contributed by atoms with van der Waals surface area (Å²) in [5.41, 5.74) is -4.80. The minimum absolute atomic E-state index is 0.335. The van der Waals surface area contributed by atoms with Gasteiger partial charge in [-0.2, -0.15) is 35.1 Å². The first-order chi connectivity index (χ1) is 20.7. The number of carbonyl (C=O) groups is 4. The topological polar surface area (TPSA) is 142 Å². The normalized spacial score (nSPS) is 12.4. The van der Waals surface area contributed by atoms with Gasteiger partial charge in [0.15, 0.2) is 18.6 Å². The van der Waals surface area contributed by atoms with Crippen molar-refractivity contribution in [3.63, 3.8) is 0 Å². The molecule has 256 valence electrons. The molecule has 0 saturated heterocycles. The Balaban J connectivity index is 6.67. The molecule has 45 heavy (non-hydrogen) atoms. The van der Waals surface area contributed by atoms with Crippen LogP contribution >= 0.6 is 0 Å². The molecule has 0 atom stereocenters. The number of carbonyl (C=O) groups excluding carboxylic acids is 4. The minimum atomic E-state index is -6.00. The van der Waals surface area contributed by atoms with Gasteiger partial charge in [0.1, 0.15) is 13.2 Å². The smallest absolute Gasteiger partial charge is 0.394 e. The summed E-state index contributed by atoms with van der Waals surface area (Å²) in [5, 5.41) is 0. The molecule has 0 unspecified atom stereocenters. The second-order valence-electron chi connectivity index (χ2n) is 8.07. The van der Waals surface area contributed by atoms with E-state index >= 15 is 17.6 Å². The molecule has 0 bridgehead atoms. The standard InChI is InChI=1S/C25H28F8O12/c1-5-17(34)40-11-9-38-13-21(14-39-10-12-41-18(35)6-2,24(30,31)44-22(26,27)15-42-19(36)7-3)25(32,33)45-23(28,29)16-43-20(37)8-4/h5-8H,1-4,9-16H2. The SMILES string of the molecule is C=CC(=O)OCCOCC(COCCOC(=O)C=C)(C(F)(F)OC(F)(F)COC(=O)C=C)C(F)(F)OC(F)(F)COC(=O)C=C. The molecule has 0 fully saturated rings. The van der Waals surface area contributed by atoms with Crippen LogP contribution in [0.25, 0.3) is 0 Å². The van der Waals surface area contributed by atoms with Gasteiger partial charge < -0.3 is 28.4 Å². The van der Waals surface area contributed by atoms with E-state index in [0.717, 1.165) is 0 Å². The fourth-order valence-corrected chi connectivity index (χ4v) is 2.62.